The molecular formula is C6H13F2N3O2. The lowest BCUT2D eigenvalue weighted by Gasteiger charge is -2.14. The van der Waals surface area contributed by atoms with Crippen molar-refractivity contribution in [2.75, 3.05) is 20.1 Å². The Labute approximate surface area is 74.7 Å². The molecule has 0 atom stereocenters. The van der Waals surface area contributed by atoms with Gasteiger partial charge in [-0.25, -0.2) is 14.6 Å². The minimum atomic E-state index is -2.39. The molecule has 0 aliphatic heterocycles. The Balaban J connectivity index is 3.45. The van der Waals surface area contributed by atoms with E-state index >= 15 is 0 Å². The van der Waals surface area contributed by atoms with Crippen molar-refractivity contribution in [3.05, 3.63) is 0 Å². The Bertz CT molecular complexity index is 157. The van der Waals surface area contributed by atoms with Crippen LogP contribution in [0.4, 0.5) is 8.78 Å². The van der Waals surface area contributed by atoms with E-state index in [0.717, 1.165) is 0 Å². The molecule has 7 heteroatoms. The van der Waals surface area contributed by atoms with Crippen LogP contribution < -0.4 is 11.4 Å². The van der Waals surface area contributed by atoms with Crippen LogP contribution in [-0.2, 0) is 9.63 Å². The quantitative estimate of drug-likeness (QED) is 0.443. The number of hydrogen-bond acceptors (Lipinski definition) is 5. The molecule has 78 valence electrons. The summed E-state index contributed by atoms with van der Waals surface area (Å²) in [6.45, 7) is -0.145. The normalized spacial score (nSPS) is 10.9. The van der Waals surface area contributed by atoms with E-state index in [2.05, 4.69) is 10.7 Å². The van der Waals surface area contributed by atoms with Crippen molar-refractivity contribution >= 4 is 5.97 Å². The molecule has 0 aromatic heterocycles. The number of halogens is 2. The zero-order chi connectivity index (χ0) is 10.3. The third-order valence-electron chi connectivity index (χ3n) is 1.32. The standard InChI is InChI=1S/C6H13F2N3O2/c1-11(4-5(7)8)3-2-6(12)13-10-9/h5,10H,2-4,9H2,1H3. The first-order valence-corrected chi connectivity index (χ1v) is 3.68. The maximum atomic E-state index is 11.8. The molecular weight excluding hydrogens is 184 g/mol. The maximum absolute atomic E-state index is 11.8. The van der Waals surface area contributed by atoms with E-state index in [4.69, 9.17) is 0 Å². The fraction of sp³-hybridized carbons (Fsp3) is 0.833. The number of hydrogen-bond donors (Lipinski definition) is 2. The van der Waals surface area contributed by atoms with E-state index < -0.39 is 12.4 Å². The molecule has 0 fully saturated rings. The van der Waals surface area contributed by atoms with Gasteiger partial charge in [-0.15, -0.1) is 0 Å². The molecule has 0 saturated heterocycles. The summed E-state index contributed by atoms with van der Waals surface area (Å²) in [5.74, 6) is 4.11. The molecule has 0 radical (unpaired) electrons. The highest BCUT2D eigenvalue weighted by atomic mass is 19.3. The molecule has 0 saturated carbocycles. The van der Waals surface area contributed by atoms with Crippen LogP contribution in [0.5, 0.6) is 0 Å². The number of carbonyl (C=O) groups excluding carboxylic acids is 1. The van der Waals surface area contributed by atoms with Crippen LogP contribution in [0.1, 0.15) is 6.42 Å². The molecule has 5 nitrogen and oxygen atoms in total. The summed E-state index contributed by atoms with van der Waals surface area (Å²) in [5.41, 5.74) is 1.72. The summed E-state index contributed by atoms with van der Waals surface area (Å²) in [6, 6.07) is 0. The predicted octanol–water partition coefficient (Wildman–Crippen LogP) is -0.505. The van der Waals surface area contributed by atoms with Crippen LogP contribution in [0.2, 0.25) is 0 Å². The van der Waals surface area contributed by atoms with Crippen molar-refractivity contribution in [2.45, 2.75) is 12.8 Å². The number of nitrogens with zero attached hydrogens (tertiary/aromatic N) is 1. The fourth-order valence-electron chi connectivity index (χ4n) is 0.726. The van der Waals surface area contributed by atoms with Gasteiger partial charge in [0.15, 0.2) is 0 Å². The van der Waals surface area contributed by atoms with Crippen molar-refractivity contribution in [2.24, 2.45) is 5.84 Å². The lowest BCUT2D eigenvalue weighted by atomic mass is 10.4. The first kappa shape index (κ1) is 12.2. The van der Waals surface area contributed by atoms with E-state index in [1.807, 2.05) is 0 Å². The number of carbonyl (C=O) groups is 1. The monoisotopic (exact) mass is 197 g/mol. The highest BCUT2D eigenvalue weighted by molar-refractivity contribution is 5.69. The smallest absolute Gasteiger partial charge is 0.327 e. The topological polar surface area (TPSA) is 67.6 Å². The Hall–Kier alpha value is -0.790. The van der Waals surface area contributed by atoms with Crippen LogP contribution in [0, 0.1) is 0 Å². The molecule has 0 rings (SSSR count). The Morgan fingerprint density at radius 3 is 2.77 bits per heavy atom. The van der Waals surface area contributed by atoms with E-state index in [1.165, 1.54) is 11.9 Å². The van der Waals surface area contributed by atoms with Gasteiger partial charge in [-0.1, -0.05) is 5.59 Å². The molecule has 0 spiro atoms. The molecule has 0 unspecified atom stereocenters. The summed E-state index contributed by atoms with van der Waals surface area (Å²) < 4.78 is 23.5. The van der Waals surface area contributed by atoms with Crippen LogP contribution in [-0.4, -0.2) is 37.4 Å². The van der Waals surface area contributed by atoms with Crippen molar-refractivity contribution in [3.63, 3.8) is 0 Å². The van der Waals surface area contributed by atoms with Crippen molar-refractivity contribution in [3.8, 4) is 0 Å². The lowest BCUT2D eigenvalue weighted by Crippen LogP contribution is -2.30. The minimum Gasteiger partial charge on any atom is -0.356 e. The highest BCUT2D eigenvalue weighted by Crippen LogP contribution is 1.96. The van der Waals surface area contributed by atoms with E-state index in [1.54, 1.807) is 5.59 Å². The van der Waals surface area contributed by atoms with Gasteiger partial charge < -0.3 is 9.74 Å². The molecule has 0 aromatic carbocycles. The Morgan fingerprint density at radius 1 is 1.69 bits per heavy atom. The van der Waals surface area contributed by atoms with Gasteiger partial charge in [0.1, 0.15) is 0 Å². The molecule has 0 aromatic rings. The Morgan fingerprint density at radius 2 is 2.31 bits per heavy atom. The third-order valence-corrected chi connectivity index (χ3v) is 1.32. The molecule has 0 aliphatic rings. The number of nitrogens with two attached hydrogens (primary N) is 1. The second-order valence-electron chi connectivity index (χ2n) is 2.50. The highest BCUT2D eigenvalue weighted by Gasteiger charge is 2.09. The van der Waals surface area contributed by atoms with Crippen molar-refractivity contribution in [1.29, 1.82) is 0 Å². The van der Waals surface area contributed by atoms with Gasteiger partial charge in [0.05, 0.1) is 13.0 Å². The van der Waals surface area contributed by atoms with Crippen LogP contribution >= 0.6 is 0 Å². The molecule has 0 amide bonds. The van der Waals surface area contributed by atoms with Gasteiger partial charge in [0.2, 0.25) is 0 Å². The average molecular weight is 197 g/mol. The van der Waals surface area contributed by atoms with E-state index in [-0.39, 0.29) is 19.5 Å². The van der Waals surface area contributed by atoms with Gasteiger partial charge in [0.25, 0.3) is 6.43 Å². The largest absolute Gasteiger partial charge is 0.356 e. The fourth-order valence-corrected chi connectivity index (χ4v) is 0.726. The van der Waals surface area contributed by atoms with Gasteiger partial charge in [-0.05, 0) is 7.05 Å². The van der Waals surface area contributed by atoms with E-state index in [9.17, 15) is 13.6 Å². The molecule has 0 aliphatic carbocycles. The van der Waals surface area contributed by atoms with Crippen LogP contribution in [0.15, 0.2) is 0 Å². The van der Waals surface area contributed by atoms with Gasteiger partial charge in [-0.3, -0.25) is 4.79 Å². The first-order valence-electron chi connectivity index (χ1n) is 3.68. The van der Waals surface area contributed by atoms with E-state index in [0.29, 0.717) is 0 Å². The molecule has 13 heavy (non-hydrogen) atoms. The third kappa shape index (κ3) is 7.57. The Kier molecular flexibility index (Phi) is 6.29. The zero-order valence-corrected chi connectivity index (χ0v) is 7.30. The van der Waals surface area contributed by atoms with Crippen LogP contribution in [0.3, 0.4) is 0 Å². The summed E-state index contributed by atoms with van der Waals surface area (Å²) in [4.78, 5) is 16.2. The number of nitrogens with one attached hydrogen (secondary N) is 1. The van der Waals surface area contributed by atoms with Crippen LogP contribution in [0.25, 0.3) is 0 Å². The number of hydrazine groups is 1. The molecule has 3 N–H and O–H groups in total. The molecule has 0 heterocycles. The number of alkyl halides is 2. The predicted molar refractivity (Wildman–Crippen MR) is 41.5 cm³/mol. The summed E-state index contributed by atoms with van der Waals surface area (Å²) in [7, 11) is 1.50. The van der Waals surface area contributed by atoms with Crippen molar-refractivity contribution in [1.82, 2.24) is 10.5 Å². The minimum absolute atomic E-state index is 0.0212. The summed E-state index contributed by atoms with van der Waals surface area (Å²) in [5, 5.41) is 0. The first-order chi connectivity index (χ1) is 6.06. The second kappa shape index (κ2) is 6.70. The van der Waals surface area contributed by atoms with Crippen molar-refractivity contribution < 1.29 is 18.4 Å². The molecule has 0 bridgehead atoms. The zero-order valence-electron chi connectivity index (χ0n) is 7.30. The maximum Gasteiger partial charge on any atom is 0.327 e. The summed E-state index contributed by atoms with van der Waals surface area (Å²) >= 11 is 0. The number of rotatable bonds is 6. The average Bonchev–Trinajstić information content (AvgIpc) is 2.00. The van der Waals surface area contributed by atoms with Gasteiger partial charge in [-0.2, -0.15) is 0 Å². The SMILES string of the molecule is CN(CCC(=O)ONN)CC(F)F. The lowest BCUT2D eigenvalue weighted by molar-refractivity contribution is -0.151. The van der Waals surface area contributed by atoms with Gasteiger partial charge in [0, 0.05) is 6.54 Å². The summed E-state index contributed by atoms with van der Waals surface area (Å²) in [6.07, 6.45) is -2.37. The second-order valence-corrected chi connectivity index (χ2v) is 2.50. The van der Waals surface area contributed by atoms with Gasteiger partial charge >= 0.3 is 5.97 Å².